The Kier molecular flexibility index (Phi) is 6.49. The summed E-state index contributed by atoms with van der Waals surface area (Å²) in [5.74, 6) is -0.777. The molecule has 134 valence electrons. The van der Waals surface area contributed by atoms with Crippen LogP contribution >= 0.6 is 23.2 Å². The van der Waals surface area contributed by atoms with E-state index in [0.29, 0.717) is 22.8 Å². The van der Waals surface area contributed by atoms with Gasteiger partial charge < -0.3 is 4.90 Å². The molecule has 0 aliphatic rings. The Hall–Kier alpha value is -1.56. The molecule has 1 atom stereocenters. The molecule has 0 spiro atoms. The van der Waals surface area contributed by atoms with E-state index in [0.717, 1.165) is 0 Å². The van der Waals surface area contributed by atoms with Gasteiger partial charge in [0, 0.05) is 22.3 Å². The molecule has 7 heteroatoms. The number of amides is 1. The number of hydrogen-bond acceptors (Lipinski definition) is 3. The van der Waals surface area contributed by atoms with Gasteiger partial charge in [0.1, 0.15) is 5.25 Å². The topological polar surface area (TPSA) is 54.5 Å². The lowest BCUT2D eigenvalue weighted by Gasteiger charge is -2.24. The van der Waals surface area contributed by atoms with Gasteiger partial charge >= 0.3 is 0 Å². The van der Waals surface area contributed by atoms with Gasteiger partial charge in [0.2, 0.25) is 5.91 Å². The molecule has 1 amide bonds. The zero-order chi connectivity index (χ0) is 18.6. The van der Waals surface area contributed by atoms with Gasteiger partial charge in [0.25, 0.3) is 0 Å². The second-order valence-corrected chi connectivity index (χ2v) is 8.77. The summed E-state index contributed by atoms with van der Waals surface area (Å²) >= 11 is 11.9. The van der Waals surface area contributed by atoms with E-state index in [1.807, 2.05) is 6.07 Å². The average Bonchev–Trinajstić information content (AvgIpc) is 2.58. The first-order chi connectivity index (χ1) is 11.8. The highest BCUT2D eigenvalue weighted by molar-refractivity contribution is 7.92. The molecule has 25 heavy (non-hydrogen) atoms. The second-order valence-electron chi connectivity index (χ2n) is 5.60. The Bertz CT molecular complexity index is 854. The monoisotopic (exact) mass is 399 g/mol. The van der Waals surface area contributed by atoms with E-state index in [1.54, 1.807) is 43.3 Å². The van der Waals surface area contributed by atoms with Crippen molar-refractivity contribution in [3.05, 3.63) is 64.1 Å². The first-order valence-corrected chi connectivity index (χ1v) is 10.2. The van der Waals surface area contributed by atoms with Crippen LogP contribution in [-0.4, -0.2) is 26.1 Å². The molecule has 0 fully saturated rings. The maximum absolute atomic E-state index is 12.7. The zero-order valence-corrected chi connectivity index (χ0v) is 16.3. The summed E-state index contributed by atoms with van der Waals surface area (Å²) in [6.07, 6.45) is 0. The number of rotatable bonds is 6. The van der Waals surface area contributed by atoms with Crippen LogP contribution in [0.5, 0.6) is 0 Å². The quantitative estimate of drug-likeness (QED) is 0.725. The summed E-state index contributed by atoms with van der Waals surface area (Å²) in [5, 5.41) is -0.484. The molecule has 0 unspecified atom stereocenters. The Balaban J connectivity index is 2.24. The maximum Gasteiger partial charge on any atom is 0.245 e. The van der Waals surface area contributed by atoms with Crippen molar-refractivity contribution in [2.45, 2.75) is 24.9 Å². The number of para-hydroxylation sites is 1. The normalized spacial score (nSPS) is 12.6. The van der Waals surface area contributed by atoms with Crippen LogP contribution in [0.2, 0.25) is 10.0 Å². The van der Waals surface area contributed by atoms with Gasteiger partial charge in [0.05, 0.1) is 5.75 Å². The SMILES string of the molecule is CCN(C(=O)[C@H](C)S(=O)(=O)Cc1ccc(Cl)cc1Cl)c1ccccc1. The van der Waals surface area contributed by atoms with Gasteiger partial charge in [-0.3, -0.25) is 4.79 Å². The number of nitrogens with zero attached hydrogens (tertiary/aromatic N) is 1. The van der Waals surface area contributed by atoms with Crippen LogP contribution in [0.3, 0.4) is 0 Å². The third-order valence-corrected chi connectivity index (χ3v) is 6.49. The van der Waals surface area contributed by atoms with Crippen LogP contribution in [-0.2, 0) is 20.4 Å². The molecule has 0 N–H and O–H groups in total. The predicted molar refractivity (Wildman–Crippen MR) is 103 cm³/mol. The van der Waals surface area contributed by atoms with Crippen LogP contribution in [0.1, 0.15) is 19.4 Å². The van der Waals surface area contributed by atoms with Crippen molar-refractivity contribution in [3.8, 4) is 0 Å². The molecule has 0 heterocycles. The van der Waals surface area contributed by atoms with E-state index < -0.39 is 21.0 Å². The van der Waals surface area contributed by atoms with Crippen molar-refractivity contribution in [2.75, 3.05) is 11.4 Å². The highest BCUT2D eigenvalue weighted by Crippen LogP contribution is 2.25. The van der Waals surface area contributed by atoms with Crippen molar-refractivity contribution in [2.24, 2.45) is 0 Å². The van der Waals surface area contributed by atoms with Crippen molar-refractivity contribution < 1.29 is 13.2 Å². The minimum atomic E-state index is -3.73. The molecule has 0 aliphatic heterocycles. The minimum absolute atomic E-state index is 0.270. The molecular formula is C18H19Cl2NO3S. The minimum Gasteiger partial charge on any atom is -0.312 e. The fraction of sp³-hybridized carbons (Fsp3) is 0.278. The fourth-order valence-electron chi connectivity index (χ4n) is 2.43. The van der Waals surface area contributed by atoms with Crippen LogP contribution in [0.4, 0.5) is 5.69 Å². The van der Waals surface area contributed by atoms with Gasteiger partial charge in [-0.1, -0.05) is 47.5 Å². The molecule has 2 aromatic rings. The van der Waals surface area contributed by atoms with Crippen molar-refractivity contribution in [1.82, 2.24) is 0 Å². The number of carbonyl (C=O) groups is 1. The number of hydrogen-bond donors (Lipinski definition) is 0. The summed E-state index contributed by atoms with van der Waals surface area (Å²) in [7, 11) is -3.73. The molecular weight excluding hydrogens is 381 g/mol. The van der Waals surface area contributed by atoms with E-state index in [9.17, 15) is 13.2 Å². The molecule has 0 saturated carbocycles. The summed E-state index contributed by atoms with van der Waals surface area (Å²) in [5.41, 5.74) is 1.09. The lowest BCUT2D eigenvalue weighted by atomic mass is 10.2. The number of benzene rings is 2. The molecule has 0 aromatic heterocycles. The van der Waals surface area contributed by atoms with Gasteiger partial charge in [0.15, 0.2) is 9.84 Å². The van der Waals surface area contributed by atoms with Crippen molar-refractivity contribution in [3.63, 3.8) is 0 Å². The predicted octanol–water partition coefficient (Wildman–Crippen LogP) is 4.35. The van der Waals surface area contributed by atoms with Crippen LogP contribution in [0.25, 0.3) is 0 Å². The van der Waals surface area contributed by atoms with E-state index >= 15 is 0 Å². The second kappa shape index (κ2) is 8.21. The molecule has 4 nitrogen and oxygen atoms in total. The highest BCUT2D eigenvalue weighted by Gasteiger charge is 2.32. The van der Waals surface area contributed by atoms with Gasteiger partial charge in [-0.15, -0.1) is 0 Å². The summed E-state index contributed by atoms with van der Waals surface area (Å²) < 4.78 is 25.4. The lowest BCUT2D eigenvalue weighted by Crippen LogP contribution is -2.42. The summed E-state index contributed by atoms with van der Waals surface area (Å²) in [6.45, 7) is 3.60. The van der Waals surface area contributed by atoms with Crippen LogP contribution < -0.4 is 4.90 Å². The molecule has 0 bridgehead atoms. The third-order valence-electron chi connectivity index (χ3n) is 3.91. The summed E-state index contributed by atoms with van der Waals surface area (Å²) in [6, 6.07) is 13.6. The number of sulfone groups is 1. The Morgan fingerprint density at radius 1 is 1.12 bits per heavy atom. The third kappa shape index (κ3) is 4.75. The van der Waals surface area contributed by atoms with Gasteiger partial charge in [-0.2, -0.15) is 0 Å². The smallest absolute Gasteiger partial charge is 0.245 e. The van der Waals surface area contributed by atoms with E-state index in [4.69, 9.17) is 23.2 Å². The van der Waals surface area contributed by atoms with E-state index in [1.165, 1.54) is 17.9 Å². The molecule has 0 aliphatic carbocycles. The first kappa shape index (κ1) is 19.8. The van der Waals surface area contributed by atoms with Gasteiger partial charge in [-0.05, 0) is 43.7 Å². The Labute approximate surface area is 158 Å². The number of anilines is 1. The Morgan fingerprint density at radius 3 is 2.32 bits per heavy atom. The molecule has 0 radical (unpaired) electrons. The number of halogens is 2. The van der Waals surface area contributed by atoms with Gasteiger partial charge in [-0.25, -0.2) is 8.42 Å². The zero-order valence-electron chi connectivity index (χ0n) is 13.9. The Morgan fingerprint density at radius 2 is 1.76 bits per heavy atom. The fourth-order valence-corrected chi connectivity index (χ4v) is 4.35. The number of carbonyl (C=O) groups excluding carboxylic acids is 1. The van der Waals surface area contributed by atoms with E-state index in [-0.39, 0.29) is 10.8 Å². The van der Waals surface area contributed by atoms with Crippen molar-refractivity contribution in [1.29, 1.82) is 0 Å². The highest BCUT2D eigenvalue weighted by atomic mass is 35.5. The van der Waals surface area contributed by atoms with Crippen molar-refractivity contribution >= 4 is 44.6 Å². The lowest BCUT2D eigenvalue weighted by molar-refractivity contribution is -0.117. The maximum atomic E-state index is 12.7. The van der Waals surface area contributed by atoms with Crippen LogP contribution in [0, 0.1) is 0 Å². The molecule has 0 saturated heterocycles. The average molecular weight is 400 g/mol. The van der Waals surface area contributed by atoms with E-state index in [2.05, 4.69) is 0 Å². The van der Waals surface area contributed by atoms with Crippen LogP contribution in [0.15, 0.2) is 48.5 Å². The molecule has 2 aromatic carbocycles. The summed E-state index contributed by atoms with van der Waals surface area (Å²) in [4.78, 5) is 14.2. The molecule has 2 rings (SSSR count). The standard InChI is InChI=1S/C18H19Cl2NO3S/c1-3-21(16-7-5-4-6-8-16)18(22)13(2)25(23,24)12-14-9-10-15(19)11-17(14)20/h4-11,13H,3,12H2,1-2H3/t13-/m0/s1. The first-order valence-electron chi connectivity index (χ1n) is 7.78. The largest absolute Gasteiger partial charge is 0.312 e.